The van der Waals surface area contributed by atoms with Crippen molar-refractivity contribution in [2.45, 2.75) is 37.6 Å². The summed E-state index contributed by atoms with van der Waals surface area (Å²) in [5, 5.41) is 31.3. The van der Waals surface area contributed by atoms with Gasteiger partial charge in [-0.1, -0.05) is 48.0 Å². The molecule has 1 fully saturated rings. The zero-order chi connectivity index (χ0) is 21.9. The Balaban J connectivity index is 1.85. The first kappa shape index (κ1) is 24.2. The summed E-state index contributed by atoms with van der Waals surface area (Å²) in [5.74, 6) is -0.259. The molecule has 30 heavy (non-hydrogen) atoms. The average molecular weight is 437 g/mol. The van der Waals surface area contributed by atoms with Crippen molar-refractivity contribution < 1.29 is 29.6 Å². The van der Waals surface area contributed by atoms with Crippen molar-refractivity contribution >= 4 is 17.6 Å². The minimum absolute atomic E-state index is 0.0549. The smallest absolute Gasteiger partial charge is 0.330 e. The summed E-state index contributed by atoms with van der Waals surface area (Å²) >= 11 is 5.91. The molecule has 0 radical (unpaired) electrons. The molecule has 5 atom stereocenters. The molecule has 1 saturated carbocycles. The molecule has 1 aliphatic rings. The monoisotopic (exact) mass is 436 g/mol. The van der Waals surface area contributed by atoms with E-state index in [9.17, 15) is 20.1 Å². The first-order valence-corrected chi connectivity index (χ1v) is 10.3. The molecule has 0 aliphatic heterocycles. The van der Waals surface area contributed by atoms with Crippen molar-refractivity contribution in [3.05, 3.63) is 65.7 Å². The second-order valence-corrected chi connectivity index (χ2v) is 7.64. The van der Waals surface area contributed by atoms with Crippen molar-refractivity contribution in [1.29, 1.82) is 0 Å². The van der Waals surface area contributed by atoms with E-state index < -0.39 is 24.3 Å². The van der Waals surface area contributed by atoms with Gasteiger partial charge in [0.25, 0.3) is 0 Å². The molecule has 0 spiro atoms. The standard InChI is InChI=1S/C23H29ClO6/c1-29-23(28)10-5-3-2-4-9-19-20(22(27)14-21(19)26)12-11-17(25)15-30-18-8-6-7-16(24)13-18/h2,4-8,10-13,17,19-22,25-27H,3,9,14-15H2,1H3/b4-2+,10-5+,12-11+/t17-,19?,20-,21?,22?/m1/s1. The SMILES string of the molecule is COC(=O)/C=C/C/C=C/CC1C(O)CC(O)[C@@H]1/C=C/[C@@H](O)COc1cccc(Cl)c1. The molecule has 0 aromatic heterocycles. The molecule has 1 aromatic rings. The van der Waals surface area contributed by atoms with Gasteiger partial charge in [-0.25, -0.2) is 4.79 Å². The van der Waals surface area contributed by atoms with Gasteiger partial charge in [-0.05, 0) is 37.0 Å². The zero-order valence-electron chi connectivity index (χ0n) is 16.9. The van der Waals surface area contributed by atoms with Crippen molar-refractivity contribution in [3.8, 4) is 5.75 Å². The highest BCUT2D eigenvalue weighted by molar-refractivity contribution is 6.30. The van der Waals surface area contributed by atoms with Gasteiger partial charge in [0.05, 0.1) is 19.3 Å². The molecule has 7 heteroatoms. The van der Waals surface area contributed by atoms with Crippen molar-refractivity contribution in [2.24, 2.45) is 11.8 Å². The van der Waals surface area contributed by atoms with E-state index in [1.54, 1.807) is 42.5 Å². The molecule has 1 aromatic carbocycles. The Bertz CT molecular complexity index is 760. The fraction of sp³-hybridized carbons (Fsp3) is 0.435. The summed E-state index contributed by atoms with van der Waals surface area (Å²) in [4.78, 5) is 11.0. The molecule has 2 rings (SSSR count). The lowest BCUT2D eigenvalue weighted by molar-refractivity contribution is -0.134. The maximum absolute atomic E-state index is 11.0. The van der Waals surface area contributed by atoms with Gasteiger partial charge in [-0.2, -0.15) is 0 Å². The number of hydrogen-bond acceptors (Lipinski definition) is 6. The van der Waals surface area contributed by atoms with Gasteiger partial charge in [0.15, 0.2) is 0 Å². The van der Waals surface area contributed by atoms with Crippen LogP contribution in [0.2, 0.25) is 5.02 Å². The third-order valence-electron chi connectivity index (χ3n) is 4.99. The quantitative estimate of drug-likeness (QED) is 0.296. The molecule has 3 N–H and O–H groups in total. The fourth-order valence-corrected chi connectivity index (χ4v) is 3.60. The van der Waals surface area contributed by atoms with Crippen LogP contribution in [0, 0.1) is 11.8 Å². The largest absolute Gasteiger partial charge is 0.491 e. The number of carbonyl (C=O) groups excluding carboxylic acids is 1. The number of methoxy groups -OCH3 is 1. The number of allylic oxidation sites excluding steroid dienone is 3. The van der Waals surface area contributed by atoms with E-state index in [1.807, 2.05) is 12.2 Å². The third-order valence-corrected chi connectivity index (χ3v) is 5.23. The number of benzene rings is 1. The van der Waals surface area contributed by atoms with E-state index >= 15 is 0 Å². The van der Waals surface area contributed by atoms with Crippen LogP contribution in [-0.2, 0) is 9.53 Å². The Morgan fingerprint density at radius 2 is 2.07 bits per heavy atom. The number of hydrogen-bond donors (Lipinski definition) is 3. The highest BCUT2D eigenvalue weighted by Crippen LogP contribution is 2.36. The molecule has 1 aliphatic carbocycles. The van der Waals surface area contributed by atoms with Crippen LogP contribution in [-0.4, -0.2) is 53.3 Å². The van der Waals surface area contributed by atoms with Crippen LogP contribution in [0.15, 0.2) is 60.7 Å². The third kappa shape index (κ3) is 7.95. The highest BCUT2D eigenvalue weighted by atomic mass is 35.5. The van der Waals surface area contributed by atoms with E-state index in [4.69, 9.17) is 16.3 Å². The number of carbonyl (C=O) groups is 1. The fourth-order valence-electron chi connectivity index (χ4n) is 3.42. The number of esters is 1. The second kappa shape index (κ2) is 12.5. The molecule has 0 amide bonds. The first-order chi connectivity index (χ1) is 14.4. The Morgan fingerprint density at radius 1 is 1.27 bits per heavy atom. The Kier molecular flexibility index (Phi) is 10.1. The summed E-state index contributed by atoms with van der Waals surface area (Å²) in [6.45, 7) is 0.0549. The Labute approximate surface area is 182 Å². The van der Waals surface area contributed by atoms with Crippen molar-refractivity contribution in [3.63, 3.8) is 0 Å². The number of ether oxygens (including phenoxy) is 2. The number of rotatable bonds is 10. The van der Waals surface area contributed by atoms with Gasteiger partial charge in [-0.3, -0.25) is 0 Å². The van der Waals surface area contributed by atoms with E-state index in [-0.39, 0.29) is 18.4 Å². The molecule has 0 saturated heterocycles. The van der Waals surface area contributed by atoms with E-state index in [0.717, 1.165) is 0 Å². The lowest BCUT2D eigenvalue weighted by Crippen LogP contribution is -2.21. The number of aliphatic hydroxyl groups is 3. The van der Waals surface area contributed by atoms with Gasteiger partial charge in [0.2, 0.25) is 0 Å². The van der Waals surface area contributed by atoms with Gasteiger partial charge < -0.3 is 24.8 Å². The molecular weight excluding hydrogens is 408 g/mol. The van der Waals surface area contributed by atoms with Crippen molar-refractivity contribution in [1.82, 2.24) is 0 Å². The lowest BCUT2D eigenvalue weighted by atomic mass is 9.89. The minimum Gasteiger partial charge on any atom is -0.491 e. The molecule has 0 bridgehead atoms. The van der Waals surface area contributed by atoms with E-state index in [1.165, 1.54) is 13.2 Å². The molecule has 0 heterocycles. The van der Waals surface area contributed by atoms with Crippen LogP contribution in [0.1, 0.15) is 19.3 Å². The van der Waals surface area contributed by atoms with E-state index in [0.29, 0.717) is 30.0 Å². The minimum atomic E-state index is -0.853. The Morgan fingerprint density at radius 3 is 2.80 bits per heavy atom. The maximum Gasteiger partial charge on any atom is 0.330 e. The van der Waals surface area contributed by atoms with E-state index in [2.05, 4.69) is 4.74 Å². The van der Waals surface area contributed by atoms with Crippen LogP contribution >= 0.6 is 11.6 Å². The van der Waals surface area contributed by atoms with Crippen molar-refractivity contribution in [2.75, 3.05) is 13.7 Å². The maximum atomic E-state index is 11.0. The highest BCUT2D eigenvalue weighted by Gasteiger charge is 2.39. The normalized spacial score (nSPS) is 25.4. The molecule has 3 unspecified atom stereocenters. The predicted octanol–water partition coefficient (Wildman–Crippen LogP) is 3.06. The summed E-state index contributed by atoms with van der Waals surface area (Å²) in [7, 11) is 1.32. The van der Waals surface area contributed by atoms with Crippen LogP contribution in [0.3, 0.4) is 0 Å². The summed E-state index contributed by atoms with van der Waals surface area (Å²) in [6, 6.07) is 6.92. The summed E-state index contributed by atoms with van der Waals surface area (Å²) in [5.41, 5.74) is 0. The van der Waals surface area contributed by atoms with Gasteiger partial charge in [-0.15, -0.1) is 0 Å². The second-order valence-electron chi connectivity index (χ2n) is 7.20. The Hall–Kier alpha value is -2.12. The molecule has 164 valence electrons. The van der Waals surface area contributed by atoms with Crippen LogP contribution < -0.4 is 4.74 Å². The van der Waals surface area contributed by atoms with Gasteiger partial charge in [0.1, 0.15) is 18.5 Å². The predicted molar refractivity (Wildman–Crippen MR) is 115 cm³/mol. The number of aliphatic hydroxyl groups excluding tert-OH is 3. The first-order valence-electron chi connectivity index (χ1n) is 9.91. The summed E-state index contributed by atoms with van der Waals surface area (Å²) < 4.78 is 10.0. The zero-order valence-corrected chi connectivity index (χ0v) is 17.7. The van der Waals surface area contributed by atoms with Crippen LogP contribution in [0.4, 0.5) is 0 Å². The van der Waals surface area contributed by atoms with Crippen LogP contribution in [0.5, 0.6) is 5.75 Å². The average Bonchev–Trinajstić information content (AvgIpc) is 2.99. The topological polar surface area (TPSA) is 96.2 Å². The summed E-state index contributed by atoms with van der Waals surface area (Å²) in [6.07, 6.45) is 9.51. The number of halogens is 1. The van der Waals surface area contributed by atoms with Gasteiger partial charge in [0, 0.05) is 23.4 Å². The lowest BCUT2D eigenvalue weighted by Gasteiger charge is -2.19. The van der Waals surface area contributed by atoms with Crippen LogP contribution in [0.25, 0.3) is 0 Å². The van der Waals surface area contributed by atoms with Gasteiger partial charge >= 0.3 is 5.97 Å². The molecule has 6 nitrogen and oxygen atoms in total. The molecular formula is C23H29ClO6.